The monoisotopic (exact) mass is 527 g/mol. The van der Waals surface area contributed by atoms with E-state index in [1.807, 2.05) is 11.3 Å². The van der Waals surface area contributed by atoms with Crippen molar-refractivity contribution in [1.82, 2.24) is 14.5 Å². The van der Waals surface area contributed by atoms with E-state index in [1.165, 1.54) is 41.7 Å². The number of para-hydroxylation sites is 2. The smallest absolute Gasteiger partial charge is 0.235 e. The third-order valence-electron chi connectivity index (χ3n) is 7.98. The summed E-state index contributed by atoms with van der Waals surface area (Å²) < 4.78 is 4.80. The van der Waals surface area contributed by atoms with E-state index in [2.05, 4.69) is 132 Å². The molecule has 4 heteroatoms. The van der Waals surface area contributed by atoms with Crippen molar-refractivity contribution in [2.75, 3.05) is 0 Å². The molecule has 0 spiro atoms. The Balaban J connectivity index is 1.36. The third kappa shape index (κ3) is 3.11. The van der Waals surface area contributed by atoms with Crippen LogP contribution in [0.15, 0.2) is 127 Å². The fourth-order valence-corrected chi connectivity index (χ4v) is 7.27. The van der Waals surface area contributed by atoms with Crippen LogP contribution < -0.4 is 0 Å². The number of benzene rings is 6. The molecular formula is C36H21N3S. The largest absolute Gasteiger partial charge is 0.278 e. The van der Waals surface area contributed by atoms with Crippen molar-refractivity contribution in [1.29, 1.82) is 0 Å². The Labute approximate surface area is 233 Å². The van der Waals surface area contributed by atoms with E-state index in [0.29, 0.717) is 5.95 Å². The quantitative estimate of drug-likeness (QED) is 0.224. The molecule has 0 saturated carbocycles. The van der Waals surface area contributed by atoms with Crippen molar-refractivity contribution in [3.63, 3.8) is 0 Å². The number of fused-ring (bicyclic) bond motifs is 8. The second kappa shape index (κ2) is 8.22. The zero-order valence-electron chi connectivity index (χ0n) is 21.4. The first kappa shape index (κ1) is 21.8. The molecule has 0 N–H and O–H groups in total. The Morgan fingerprint density at radius 1 is 0.475 bits per heavy atom. The molecule has 186 valence electrons. The molecule has 0 amide bonds. The lowest BCUT2D eigenvalue weighted by atomic mass is 10.0. The molecule has 0 aliphatic carbocycles. The lowest BCUT2D eigenvalue weighted by Crippen LogP contribution is -2.03. The van der Waals surface area contributed by atoms with Gasteiger partial charge in [-0.15, -0.1) is 11.3 Å². The van der Waals surface area contributed by atoms with E-state index in [1.54, 1.807) is 0 Å². The predicted molar refractivity (Wildman–Crippen MR) is 170 cm³/mol. The summed E-state index contributed by atoms with van der Waals surface area (Å²) in [6.45, 7) is 0. The number of aromatic nitrogens is 3. The number of rotatable bonds is 2. The van der Waals surface area contributed by atoms with Gasteiger partial charge in [0.05, 0.1) is 22.2 Å². The molecule has 0 saturated heterocycles. The number of thiophene rings is 1. The summed E-state index contributed by atoms with van der Waals surface area (Å²) in [5.41, 5.74) is 5.21. The van der Waals surface area contributed by atoms with E-state index in [0.717, 1.165) is 33.2 Å². The highest BCUT2D eigenvalue weighted by Gasteiger charge is 2.18. The minimum atomic E-state index is 0.687. The van der Waals surface area contributed by atoms with Crippen LogP contribution in [0, 0.1) is 0 Å². The van der Waals surface area contributed by atoms with E-state index < -0.39 is 0 Å². The molecular weight excluding hydrogens is 506 g/mol. The molecule has 40 heavy (non-hydrogen) atoms. The maximum Gasteiger partial charge on any atom is 0.235 e. The van der Waals surface area contributed by atoms with Crippen molar-refractivity contribution in [3.8, 4) is 17.2 Å². The van der Waals surface area contributed by atoms with Crippen LogP contribution >= 0.6 is 11.3 Å². The van der Waals surface area contributed by atoms with Gasteiger partial charge in [0.15, 0.2) is 0 Å². The Morgan fingerprint density at radius 2 is 1.18 bits per heavy atom. The minimum absolute atomic E-state index is 0.687. The molecule has 6 aromatic carbocycles. The lowest BCUT2D eigenvalue weighted by Gasteiger charge is -2.12. The van der Waals surface area contributed by atoms with Gasteiger partial charge in [0.1, 0.15) is 0 Å². The van der Waals surface area contributed by atoms with Gasteiger partial charge in [0.25, 0.3) is 0 Å². The van der Waals surface area contributed by atoms with Crippen LogP contribution in [0.4, 0.5) is 0 Å². The number of hydrogen-bond acceptors (Lipinski definition) is 3. The number of nitrogens with zero attached hydrogens (tertiary/aromatic N) is 3. The molecule has 3 heterocycles. The lowest BCUT2D eigenvalue weighted by molar-refractivity contribution is 1.01. The van der Waals surface area contributed by atoms with Gasteiger partial charge in [0, 0.05) is 41.9 Å². The summed E-state index contributed by atoms with van der Waals surface area (Å²) >= 11 is 1.83. The number of hydrogen-bond donors (Lipinski definition) is 0. The summed E-state index contributed by atoms with van der Waals surface area (Å²) in [4.78, 5) is 10.4. The van der Waals surface area contributed by atoms with Crippen molar-refractivity contribution < 1.29 is 0 Å². The van der Waals surface area contributed by atoms with E-state index in [-0.39, 0.29) is 0 Å². The molecule has 3 nitrogen and oxygen atoms in total. The zero-order valence-corrected chi connectivity index (χ0v) is 22.2. The van der Waals surface area contributed by atoms with E-state index >= 15 is 0 Å². The van der Waals surface area contributed by atoms with Crippen LogP contribution in [0.1, 0.15) is 0 Å². The predicted octanol–water partition coefficient (Wildman–Crippen LogP) is 9.91. The van der Waals surface area contributed by atoms with Gasteiger partial charge in [0.2, 0.25) is 5.95 Å². The Kier molecular flexibility index (Phi) is 4.48. The highest BCUT2D eigenvalue weighted by atomic mass is 32.1. The van der Waals surface area contributed by atoms with Crippen LogP contribution in [0.5, 0.6) is 0 Å². The van der Waals surface area contributed by atoms with Crippen LogP contribution in [0.25, 0.3) is 80.9 Å². The first-order valence-corrected chi connectivity index (χ1v) is 14.2. The van der Waals surface area contributed by atoms with Gasteiger partial charge in [-0.25, -0.2) is 9.97 Å². The molecule has 3 aromatic heterocycles. The van der Waals surface area contributed by atoms with Crippen molar-refractivity contribution in [2.24, 2.45) is 0 Å². The Morgan fingerprint density at radius 3 is 2.08 bits per heavy atom. The minimum Gasteiger partial charge on any atom is -0.278 e. The summed E-state index contributed by atoms with van der Waals surface area (Å²) in [6.07, 6.45) is 0. The summed E-state index contributed by atoms with van der Waals surface area (Å²) in [7, 11) is 0. The maximum atomic E-state index is 5.31. The van der Waals surface area contributed by atoms with Crippen molar-refractivity contribution in [3.05, 3.63) is 127 Å². The highest BCUT2D eigenvalue weighted by Crippen LogP contribution is 2.39. The molecule has 9 rings (SSSR count). The normalized spacial score (nSPS) is 12.0. The molecule has 0 aliphatic heterocycles. The second-order valence-corrected chi connectivity index (χ2v) is 11.4. The average molecular weight is 528 g/mol. The summed E-state index contributed by atoms with van der Waals surface area (Å²) in [6, 6.07) is 45.4. The van der Waals surface area contributed by atoms with Gasteiger partial charge in [-0.2, -0.15) is 0 Å². The molecule has 0 fully saturated rings. The molecule has 0 aliphatic rings. The summed E-state index contributed by atoms with van der Waals surface area (Å²) in [5, 5.41) is 8.49. The first-order chi connectivity index (χ1) is 19.8. The SMILES string of the molecule is c1ccc2cc3c(cc2c1)c1ccccc1n3-c1nc(-c2ccc3c(c2)sc2ccccc23)c2ccccc2n1. The first-order valence-electron chi connectivity index (χ1n) is 13.4. The Hall–Kier alpha value is -5.06. The van der Waals surface area contributed by atoms with Gasteiger partial charge >= 0.3 is 0 Å². The standard InChI is InChI=1S/C36H21N3S/c1-2-10-23-20-32-29(19-22(23)9-1)25-11-4-7-15-31(25)39(32)36-37-30-14-6-3-13-28(30)35(38-36)24-17-18-27-26-12-5-8-16-33(26)40-34(27)21-24/h1-21H. The Bertz CT molecular complexity index is 2450. The van der Waals surface area contributed by atoms with Crippen molar-refractivity contribution in [2.45, 2.75) is 0 Å². The summed E-state index contributed by atoms with van der Waals surface area (Å²) in [5.74, 6) is 0.687. The molecule has 9 aromatic rings. The van der Waals surface area contributed by atoms with Gasteiger partial charge < -0.3 is 0 Å². The molecule has 0 bridgehead atoms. The van der Waals surface area contributed by atoms with Crippen LogP contribution in [-0.2, 0) is 0 Å². The van der Waals surface area contributed by atoms with Crippen LogP contribution in [-0.4, -0.2) is 14.5 Å². The molecule has 0 atom stereocenters. The van der Waals surface area contributed by atoms with Gasteiger partial charge in [-0.3, -0.25) is 4.57 Å². The fourth-order valence-electron chi connectivity index (χ4n) is 6.13. The fraction of sp³-hybridized carbons (Fsp3) is 0. The maximum absolute atomic E-state index is 5.31. The topological polar surface area (TPSA) is 30.7 Å². The highest BCUT2D eigenvalue weighted by molar-refractivity contribution is 7.25. The zero-order chi connectivity index (χ0) is 26.2. The second-order valence-electron chi connectivity index (χ2n) is 10.3. The van der Waals surface area contributed by atoms with E-state index in [4.69, 9.17) is 9.97 Å². The van der Waals surface area contributed by atoms with E-state index in [9.17, 15) is 0 Å². The molecule has 0 radical (unpaired) electrons. The third-order valence-corrected chi connectivity index (χ3v) is 9.12. The van der Waals surface area contributed by atoms with Crippen LogP contribution in [0.2, 0.25) is 0 Å². The van der Waals surface area contributed by atoms with Crippen molar-refractivity contribution >= 4 is 75.0 Å². The molecule has 0 unspecified atom stereocenters. The van der Waals surface area contributed by atoms with Gasteiger partial charge in [-0.1, -0.05) is 91.0 Å². The van der Waals surface area contributed by atoms with Gasteiger partial charge in [-0.05, 0) is 47.2 Å². The van der Waals surface area contributed by atoms with Crippen LogP contribution in [0.3, 0.4) is 0 Å². The average Bonchev–Trinajstić information content (AvgIpc) is 3.54.